The molecule has 2 N–H and O–H groups in total. The van der Waals surface area contributed by atoms with Gasteiger partial charge in [0.05, 0.1) is 15.6 Å². The minimum atomic E-state index is -1.53. The summed E-state index contributed by atoms with van der Waals surface area (Å²) in [5.41, 5.74) is -1.87. The SMILES string of the molecule is OC(c1c(F)ccc(Br)c1F)C1(O)CCCC1. The summed E-state index contributed by atoms with van der Waals surface area (Å²) in [5.74, 6) is -1.68. The molecule has 0 aliphatic heterocycles. The number of halogens is 3. The van der Waals surface area contributed by atoms with Crippen molar-refractivity contribution in [3.63, 3.8) is 0 Å². The third-order valence-corrected chi connectivity index (χ3v) is 3.94. The predicted molar refractivity (Wildman–Crippen MR) is 62.4 cm³/mol. The Labute approximate surface area is 106 Å². The van der Waals surface area contributed by atoms with Crippen molar-refractivity contribution in [2.24, 2.45) is 0 Å². The van der Waals surface area contributed by atoms with Crippen LogP contribution >= 0.6 is 15.9 Å². The van der Waals surface area contributed by atoms with Crippen LogP contribution in [0, 0.1) is 11.6 Å². The molecule has 1 unspecified atom stereocenters. The van der Waals surface area contributed by atoms with E-state index in [-0.39, 0.29) is 4.47 Å². The van der Waals surface area contributed by atoms with Crippen molar-refractivity contribution < 1.29 is 19.0 Å². The lowest BCUT2D eigenvalue weighted by Gasteiger charge is -2.29. The molecule has 0 saturated heterocycles. The molecule has 0 amide bonds. The fourth-order valence-electron chi connectivity index (χ4n) is 2.32. The standard InChI is InChI=1S/C12H13BrF2O2/c13-7-3-4-8(14)9(10(7)15)11(16)12(17)5-1-2-6-12/h3-4,11,16-17H,1-2,5-6H2. The van der Waals surface area contributed by atoms with Crippen LogP contribution in [0.25, 0.3) is 0 Å². The molecular formula is C12H13BrF2O2. The first-order valence-corrected chi connectivity index (χ1v) is 6.29. The van der Waals surface area contributed by atoms with Crippen LogP contribution in [0.15, 0.2) is 16.6 Å². The number of hydrogen-bond acceptors (Lipinski definition) is 2. The van der Waals surface area contributed by atoms with Crippen LogP contribution in [0.5, 0.6) is 0 Å². The predicted octanol–water partition coefficient (Wildman–Crippen LogP) is 3.07. The molecule has 5 heteroatoms. The monoisotopic (exact) mass is 306 g/mol. The van der Waals surface area contributed by atoms with Gasteiger partial charge in [0, 0.05) is 0 Å². The van der Waals surface area contributed by atoms with Gasteiger partial charge in [-0.25, -0.2) is 8.78 Å². The maximum atomic E-state index is 13.8. The van der Waals surface area contributed by atoms with E-state index in [1.807, 2.05) is 0 Å². The van der Waals surface area contributed by atoms with Crippen LogP contribution < -0.4 is 0 Å². The average Bonchev–Trinajstić information content (AvgIpc) is 2.72. The number of hydrogen-bond donors (Lipinski definition) is 2. The lowest BCUT2D eigenvalue weighted by Crippen LogP contribution is -2.34. The van der Waals surface area contributed by atoms with E-state index < -0.39 is 28.9 Å². The van der Waals surface area contributed by atoms with Gasteiger partial charge in [0.15, 0.2) is 0 Å². The smallest absolute Gasteiger partial charge is 0.146 e. The fraction of sp³-hybridized carbons (Fsp3) is 0.500. The molecule has 0 radical (unpaired) electrons. The summed E-state index contributed by atoms with van der Waals surface area (Å²) in [6, 6.07) is 2.31. The van der Waals surface area contributed by atoms with Crippen LogP contribution in [0.4, 0.5) is 8.78 Å². The molecule has 0 spiro atoms. The molecule has 1 aliphatic carbocycles. The summed E-state index contributed by atoms with van der Waals surface area (Å²) in [6.07, 6.45) is 0.705. The summed E-state index contributed by atoms with van der Waals surface area (Å²) in [7, 11) is 0. The molecular weight excluding hydrogens is 294 g/mol. The molecule has 94 valence electrons. The van der Waals surface area contributed by atoms with Crippen molar-refractivity contribution in [1.29, 1.82) is 0 Å². The molecule has 1 atom stereocenters. The van der Waals surface area contributed by atoms with Crippen LogP contribution in [-0.4, -0.2) is 15.8 Å². The van der Waals surface area contributed by atoms with Gasteiger partial charge in [-0.3, -0.25) is 0 Å². The van der Waals surface area contributed by atoms with E-state index >= 15 is 0 Å². The van der Waals surface area contributed by atoms with E-state index in [1.54, 1.807) is 0 Å². The van der Waals surface area contributed by atoms with Gasteiger partial charge in [-0.1, -0.05) is 12.8 Å². The Morgan fingerprint density at radius 3 is 2.41 bits per heavy atom. The van der Waals surface area contributed by atoms with Gasteiger partial charge in [0.25, 0.3) is 0 Å². The number of benzene rings is 1. The van der Waals surface area contributed by atoms with E-state index in [0.29, 0.717) is 12.8 Å². The van der Waals surface area contributed by atoms with Crippen molar-refractivity contribution in [3.05, 3.63) is 33.8 Å². The Hall–Kier alpha value is -0.520. The maximum absolute atomic E-state index is 13.8. The second-order valence-corrected chi connectivity index (χ2v) is 5.32. The van der Waals surface area contributed by atoms with Crippen LogP contribution in [-0.2, 0) is 0 Å². The largest absolute Gasteiger partial charge is 0.387 e. The second kappa shape index (κ2) is 4.63. The Morgan fingerprint density at radius 1 is 1.24 bits per heavy atom. The van der Waals surface area contributed by atoms with Gasteiger partial charge >= 0.3 is 0 Å². The molecule has 2 nitrogen and oxygen atoms in total. The summed E-state index contributed by atoms with van der Waals surface area (Å²) < 4.78 is 27.4. The van der Waals surface area contributed by atoms with Crippen molar-refractivity contribution in [2.75, 3.05) is 0 Å². The molecule has 1 aliphatic rings. The Kier molecular flexibility index (Phi) is 3.52. The van der Waals surface area contributed by atoms with Crippen LogP contribution in [0.1, 0.15) is 37.4 Å². The Morgan fingerprint density at radius 2 is 1.82 bits per heavy atom. The maximum Gasteiger partial charge on any atom is 0.146 e. The average molecular weight is 307 g/mol. The molecule has 2 rings (SSSR count). The van der Waals surface area contributed by atoms with E-state index in [1.165, 1.54) is 6.07 Å². The van der Waals surface area contributed by atoms with E-state index in [4.69, 9.17) is 0 Å². The lowest BCUT2D eigenvalue weighted by atomic mass is 9.89. The van der Waals surface area contributed by atoms with Gasteiger partial charge in [0.1, 0.15) is 17.7 Å². The van der Waals surface area contributed by atoms with Crippen molar-refractivity contribution in [1.82, 2.24) is 0 Å². The van der Waals surface area contributed by atoms with Crippen LogP contribution in [0.3, 0.4) is 0 Å². The first-order valence-electron chi connectivity index (χ1n) is 5.49. The molecule has 0 bridgehead atoms. The van der Waals surface area contributed by atoms with Gasteiger partial charge in [0.2, 0.25) is 0 Å². The molecule has 1 aromatic rings. The molecule has 1 aromatic carbocycles. The zero-order valence-corrected chi connectivity index (χ0v) is 10.7. The first kappa shape index (κ1) is 12.9. The summed E-state index contributed by atoms with van der Waals surface area (Å²) in [4.78, 5) is 0. The summed E-state index contributed by atoms with van der Waals surface area (Å²) in [5, 5.41) is 20.2. The lowest BCUT2D eigenvalue weighted by molar-refractivity contribution is -0.0748. The second-order valence-electron chi connectivity index (χ2n) is 4.47. The number of aliphatic hydroxyl groups excluding tert-OH is 1. The van der Waals surface area contributed by atoms with Crippen molar-refractivity contribution in [2.45, 2.75) is 37.4 Å². The third kappa shape index (κ3) is 2.23. The minimum absolute atomic E-state index is 0.0783. The quantitative estimate of drug-likeness (QED) is 0.825. The fourth-order valence-corrected chi connectivity index (χ4v) is 2.67. The molecule has 1 fully saturated rings. The highest BCUT2D eigenvalue weighted by Crippen LogP contribution is 2.42. The summed E-state index contributed by atoms with van der Waals surface area (Å²) in [6.45, 7) is 0. The highest BCUT2D eigenvalue weighted by molar-refractivity contribution is 9.10. The molecule has 0 heterocycles. The highest BCUT2D eigenvalue weighted by Gasteiger charge is 2.41. The highest BCUT2D eigenvalue weighted by atomic mass is 79.9. The van der Waals surface area contributed by atoms with E-state index in [9.17, 15) is 19.0 Å². The molecule has 17 heavy (non-hydrogen) atoms. The van der Waals surface area contributed by atoms with Crippen molar-refractivity contribution in [3.8, 4) is 0 Å². The van der Waals surface area contributed by atoms with E-state index in [0.717, 1.165) is 18.9 Å². The van der Waals surface area contributed by atoms with Gasteiger partial charge in [-0.05, 0) is 40.9 Å². The minimum Gasteiger partial charge on any atom is -0.387 e. The zero-order valence-electron chi connectivity index (χ0n) is 9.09. The first-order chi connectivity index (χ1) is 7.96. The van der Waals surface area contributed by atoms with Crippen molar-refractivity contribution >= 4 is 15.9 Å². The van der Waals surface area contributed by atoms with E-state index in [2.05, 4.69) is 15.9 Å². The van der Waals surface area contributed by atoms with Gasteiger partial charge in [-0.2, -0.15) is 0 Å². The Balaban J connectivity index is 2.43. The third-order valence-electron chi connectivity index (χ3n) is 3.33. The normalized spacial score (nSPS) is 20.5. The Bertz CT molecular complexity index is 431. The zero-order chi connectivity index (χ0) is 12.6. The molecule has 0 aromatic heterocycles. The summed E-state index contributed by atoms with van der Waals surface area (Å²) >= 11 is 2.94. The number of aliphatic hydroxyl groups is 2. The van der Waals surface area contributed by atoms with Gasteiger partial charge < -0.3 is 10.2 Å². The number of rotatable bonds is 2. The van der Waals surface area contributed by atoms with Gasteiger partial charge in [-0.15, -0.1) is 0 Å². The molecule has 1 saturated carbocycles. The topological polar surface area (TPSA) is 40.5 Å². The van der Waals surface area contributed by atoms with Crippen LogP contribution in [0.2, 0.25) is 0 Å².